The summed E-state index contributed by atoms with van der Waals surface area (Å²) < 4.78 is 4.56. The highest BCUT2D eigenvalue weighted by atomic mass is 35.5. The van der Waals surface area contributed by atoms with Crippen LogP contribution in [0.2, 0.25) is 0 Å². The lowest BCUT2D eigenvalue weighted by Crippen LogP contribution is -2.42. The average Bonchev–Trinajstić information content (AvgIpc) is 2.22. The summed E-state index contributed by atoms with van der Waals surface area (Å²) in [4.78, 5) is 22.1. The second-order valence-corrected chi connectivity index (χ2v) is 3.19. The van der Waals surface area contributed by atoms with Gasteiger partial charge < -0.3 is 10.1 Å². The van der Waals surface area contributed by atoms with Gasteiger partial charge in [0.25, 0.3) is 0 Å². The SMILES string of the molecule is CCCC[C@H](NC(=O)CCl)C(=O)OC. The van der Waals surface area contributed by atoms with Crippen LogP contribution in [0.4, 0.5) is 0 Å². The number of halogens is 1. The van der Waals surface area contributed by atoms with E-state index in [1.807, 2.05) is 6.92 Å². The lowest BCUT2D eigenvalue weighted by molar-refractivity contribution is -0.145. The van der Waals surface area contributed by atoms with Crippen LogP contribution in [-0.4, -0.2) is 30.9 Å². The quantitative estimate of drug-likeness (QED) is 0.539. The predicted octanol–water partition coefficient (Wildman–Crippen LogP) is 1.07. The Bertz CT molecular complexity index is 196. The molecule has 0 heterocycles. The van der Waals surface area contributed by atoms with Gasteiger partial charge in [-0.1, -0.05) is 19.8 Å². The molecule has 0 aliphatic carbocycles. The largest absolute Gasteiger partial charge is 0.467 e. The van der Waals surface area contributed by atoms with Crippen molar-refractivity contribution in [1.29, 1.82) is 0 Å². The van der Waals surface area contributed by atoms with E-state index in [1.165, 1.54) is 7.11 Å². The van der Waals surface area contributed by atoms with Crippen molar-refractivity contribution in [1.82, 2.24) is 5.32 Å². The molecule has 0 rings (SSSR count). The maximum atomic E-state index is 11.2. The third-order valence-electron chi connectivity index (χ3n) is 1.79. The van der Waals surface area contributed by atoms with Gasteiger partial charge in [-0.15, -0.1) is 11.6 Å². The van der Waals surface area contributed by atoms with Gasteiger partial charge in [-0.05, 0) is 6.42 Å². The van der Waals surface area contributed by atoms with E-state index in [0.717, 1.165) is 12.8 Å². The molecule has 0 radical (unpaired) electrons. The van der Waals surface area contributed by atoms with Gasteiger partial charge in [0.1, 0.15) is 11.9 Å². The van der Waals surface area contributed by atoms with Gasteiger partial charge >= 0.3 is 5.97 Å². The van der Waals surface area contributed by atoms with Crippen LogP contribution in [0.25, 0.3) is 0 Å². The molecule has 0 aromatic rings. The molecular weight excluding hydrogens is 206 g/mol. The van der Waals surface area contributed by atoms with E-state index in [9.17, 15) is 9.59 Å². The van der Waals surface area contributed by atoms with Crippen molar-refractivity contribution in [2.75, 3.05) is 13.0 Å². The highest BCUT2D eigenvalue weighted by molar-refractivity contribution is 6.27. The minimum Gasteiger partial charge on any atom is -0.467 e. The van der Waals surface area contributed by atoms with Crippen molar-refractivity contribution in [2.45, 2.75) is 32.2 Å². The fraction of sp³-hybridized carbons (Fsp3) is 0.778. The number of carbonyl (C=O) groups excluding carboxylic acids is 2. The van der Waals surface area contributed by atoms with Crippen molar-refractivity contribution in [3.63, 3.8) is 0 Å². The molecule has 0 spiro atoms. The number of methoxy groups -OCH3 is 1. The number of rotatable bonds is 6. The van der Waals surface area contributed by atoms with Crippen LogP contribution < -0.4 is 5.32 Å². The van der Waals surface area contributed by atoms with Gasteiger partial charge in [-0.25, -0.2) is 4.79 Å². The topological polar surface area (TPSA) is 55.4 Å². The highest BCUT2D eigenvalue weighted by Gasteiger charge is 2.19. The molecule has 4 nitrogen and oxygen atoms in total. The molecule has 0 fully saturated rings. The van der Waals surface area contributed by atoms with Crippen LogP contribution >= 0.6 is 11.6 Å². The summed E-state index contributed by atoms with van der Waals surface area (Å²) in [5.74, 6) is -0.908. The summed E-state index contributed by atoms with van der Waals surface area (Å²) in [6.45, 7) is 2.01. The molecular formula is C9H16ClNO3. The zero-order valence-electron chi connectivity index (χ0n) is 8.51. The van der Waals surface area contributed by atoms with E-state index in [-0.39, 0.29) is 11.8 Å². The fourth-order valence-corrected chi connectivity index (χ4v) is 1.11. The van der Waals surface area contributed by atoms with Gasteiger partial charge in [0.15, 0.2) is 0 Å². The van der Waals surface area contributed by atoms with Crippen molar-refractivity contribution < 1.29 is 14.3 Å². The monoisotopic (exact) mass is 221 g/mol. The van der Waals surface area contributed by atoms with Crippen LogP contribution in [0.15, 0.2) is 0 Å². The van der Waals surface area contributed by atoms with E-state index in [2.05, 4.69) is 10.1 Å². The minimum absolute atomic E-state index is 0.139. The summed E-state index contributed by atoms with van der Waals surface area (Å²) in [6.07, 6.45) is 2.42. The van der Waals surface area contributed by atoms with E-state index < -0.39 is 12.0 Å². The van der Waals surface area contributed by atoms with Crippen LogP contribution in [-0.2, 0) is 14.3 Å². The molecule has 1 atom stereocenters. The van der Waals surface area contributed by atoms with Gasteiger partial charge in [0, 0.05) is 0 Å². The second-order valence-electron chi connectivity index (χ2n) is 2.92. The molecule has 1 N–H and O–H groups in total. The Kier molecular flexibility index (Phi) is 7.20. The number of esters is 1. The molecule has 0 aromatic carbocycles. The molecule has 0 saturated heterocycles. The molecule has 0 bridgehead atoms. The Morgan fingerprint density at radius 2 is 2.14 bits per heavy atom. The average molecular weight is 222 g/mol. The molecule has 0 saturated carbocycles. The Morgan fingerprint density at radius 1 is 1.50 bits per heavy atom. The summed E-state index contributed by atoms with van der Waals surface area (Å²) in [7, 11) is 1.30. The third kappa shape index (κ3) is 5.07. The summed E-state index contributed by atoms with van der Waals surface area (Å²) >= 11 is 5.31. The number of hydrogen-bond acceptors (Lipinski definition) is 3. The number of carbonyl (C=O) groups is 2. The summed E-state index contributed by atoms with van der Waals surface area (Å²) in [5.41, 5.74) is 0. The van der Waals surface area contributed by atoms with Crippen LogP contribution in [0.5, 0.6) is 0 Å². The number of nitrogens with one attached hydrogen (secondary N) is 1. The summed E-state index contributed by atoms with van der Waals surface area (Å²) in [5, 5.41) is 2.51. The van der Waals surface area contributed by atoms with E-state index >= 15 is 0 Å². The van der Waals surface area contributed by atoms with Crippen LogP contribution in [0, 0.1) is 0 Å². The first-order chi connectivity index (χ1) is 6.65. The van der Waals surface area contributed by atoms with Gasteiger partial charge in [-0.2, -0.15) is 0 Å². The molecule has 0 aromatic heterocycles. The van der Waals surface area contributed by atoms with E-state index in [1.54, 1.807) is 0 Å². The summed E-state index contributed by atoms with van der Waals surface area (Å²) in [6, 6.07) is -0.564. The van der Waals surface area contributed by atoms with Crippen molar-refractivity contribution in [2.24, 2.45) is 0 Å². The molecule has 0 aliphatic heterocycles. The lowest BCUT2D eigenvalue weighted by Gasteiger charge is -2.14. The first-order valence-corrected chi connectivity index (χ1v) is 5.12. The fourth-order valence-electron chi connectivity index (χ4n) is 1.03. The maximum Gasteiger partial charge on any atom is 0.328 e. The Hall–Kier alpha value is -0.770. The lowest BCUT2D eigenvalue weighted by atomic mass is 10.1. The first-order valence-electron chi connectivity index (χ1n) is 4.58. The standard InChI is InChI=1S/C9H16ClNO3/c1-3-4-5-7(9(13)14-2)11-8(12)6-10/h7H,3-6H2,1-2H3,(H,11,12)/t7-/m0/s1. The molecule has 82 valence electrons. The number of alkyl halides is 1. The predicted molar refractivity (Wildman–Crippen MR) is 54.2 cm³/mol. The molecule has 1 amide bonds. The van der Waals surface area contributed by atoms with Crippen molar-refractivity contribution in [3.8, 4) is 0 Å². The van der Waals surface area contributed by atoms with Crippen molar-refractivity contribution in [3.05, 3.63) is 0 Å². The highest BCUT2D eigenvalue weighted by Crippen LogP contribution is 2.02. The normalized spacial score (nSPS) is 11.9. The van der Waals surface area contributed by atoms with Gasteiger partial charge in [0.2, 0.25) is 5.91 Å². The molecule has 0 aliphatic rings. The number of ether oxygens (including phenoxy) is 1. The Morgan fingerprint density at radius 3 is 2.57 bits per heavy atom. The van der Waals surface area contributed by atoms with Gasteiger partial charge in [-0.3, -0.25) is 4.79 Å². The number of unbranched alkanes of at least 4 members (excludes halogenated alkanes) is 1. The zero-order chi connectivity index (χ0) is 11.0. The molecule has 5 heteroatoms. The number of amides is 1. The van der Waals surface area contributed by atoms with E-state index in [0.29, 0.717) is 6.42 Å². The molecule has 14 heavy (non-hydrogen) atoms. The van der Waals surface area contributed by atoms with E-state index in [4.69, 9.17) is 11.6 Å². The number of hydrogen-bond donors (Lipinski definition) is 1. The second kappa shape index (κ2) is 7.62. The smallest absolute Gasteiger partial charge is 0.328 e. The first kappa shape index (κ1) is 13.2. The van der Waals surface area contributed by atoms with Crippen LogP contribution in [0.1, 0.15) is 26.2 Å². The Balaban J connectivity index is 4.09. The third-order valence-corrected chi connectivity index (χ3v) is 2.03. The minimum atomic E-state index is -0.564. The van der Waals surface area contributed by atoms with Crippen molar-refractivity contribution >= 4 is 23.5 Å². The van der Waals surface area contributed by atoms with Gasteiger partial charge in [0.05, 0.1) is 7.11 Å². The zero-order valence-corrected chi connectivity index (χ0v) is 9.26. The maximum absolute atomic E-state index is 11.2. The van der Waals surface area contributed by atoms with Crippen LogP contribution in [0.3, 0.4) is 0 Å². The molecule has 0 unspecified atom stereocenters. The Labute approximate surface area is 88.9 Å².